The fraction of sp³-hybridized carbons (Fsp3) is 0.158. The summed E-state index contributed by atoms with van der Waals surface area (Å²) in [4.78, 5) is 29.1. The molecule has 0 radical (unpaired) electrons. The second-order valence-corrected chi connectivity index (χ2v) is 5.78. The lowest BCUT2D eigenvalue weighted by molar-refractivity contribution is 0.172. The van der Waals surface area contributed by atoms with Crippen molar-refractivity contribution in [3.63, 3.8) is 0 Å². The Morgan fingerprint density at radius 1 is 1.04 bits per heavy atom. The number of para-hydroxylation sites is 1. The van der Waals surface area contributed by atoms with Gasteiger partial charge in [0.05, 0.1) is 11.1 Å². The Labute approximate surface area is 139 Å². The lowest BCUT2D eigenvalue weighted by Crippen LogP contribution is -2.26. The molecule has 0 fully saturated rings. The number of nitrogens with one attached hydrogen (secondary N) is 1. The van der Waals surface area contributed by atoms with E-state index < -0.39 is 6.09 Å². The number of hydrogen-bond acceptors (Lipinski definition) is 3. The summed E-state index contributed by atoms with van der Waals surface area (Å²) in [6.45, 7) is 1.90. The van der Waals surface area contributed by atoms with E-state index in [0.29, 0.717) is 22.0 Å². The molecule has 0 bridgehead atoms. The number of fused-ring (bicyclic) bond motifs is 1. The number of carbonyl (C=O) groups is 1. The molecule has 0 aliphatic carbocycles. The first-order valence-corrected chi connectivity index (χ1v) is 7.59. The average molecular weight is 322 g/mol. The number of carbonyl (C=O) groups excluding carboxylic acids is 1. The first-order chi connectivity index (χ1) is 11.5. The molecule has 1 aromatic heterocycles. The van der Waals surface area contributed by atoms with Crippen molar-refractivity contribution < 1.29 is 9.53 Å². The third-order valence-electron chi connectivity index (χ3n) is 3.83. The van der Waals surface area contributed by atoms with Crippen LogP contribution < -0.4 is 10.3 Å². The molecule has 1 N–H and O–H groups in total. The molecule has 5 nitrogen and oxygen atoms in total. The molecule has 1 amide bonds. The Bertz CT molecular complexity index is 960. The number of benzene rings is 2. The molecule has 1 heterocycles. The van der Waals surface area contributed by atoms with E-state index in [1.165, 1.54) is 4.90 Å². The second-order valence-electron chi connectivity index (χ2n) is 5.78. The molecule has 2 aromatic carbocycles. The van der Waals surface area contributed by atoms with Crippen molar-refractivity contribution in [2.24, 2.45) is 0 Å². The van der Waals surface area contributed by atoms with Gasteiger partial charge in [0, 0.05) is 19.5 Å². The molecule has 0 unspecified atom stereocenters. The normalized spacial score (nSPS) is 10.6. The first kappa shape index (κ1) is 15.8. The first-order valence-electron chi connectivity index (χ1n) is 7.59. The van der Waals surface area contributed by atoms with E-state index in [1.807, 2.05) is 55.5 Å². The molecule has 0 aliphatic heterocycles. The minimum absolute atomic E-state index is 0.280. The lowest BCUT2D eigenvalue weighted by Gasteiger charge is -2.16. The zero-order valence-electron chi connectivity index (χ0n) is 13.8. The molecule has 0 aliphatic rings. The van der Waals surface area contributed by atoms with Crippen molar-refractivity contribution in [1.29, 1.82) is 0 Å². The fourth-order valence-corrected chi connectivity index (χ4v) is 2.59. The van der Waals surface area contributed by atoms with Crippen LogP contribution in [0, 0.1) is 6.92 Å². The second kappa shape index (κ2) is 6.20. The Morgan fingerprint density at radius 3 is 2.42 bits per heavy atom. The standard InChI is InChI=1S/C19H18N2O3/c1-12-8-7-11-14-16(12)20-18(22)15(13-9-5-4-6-10-13)17(14)24-19(23)21(2)3/h4-11H,1-3H3,(H,20,22). The number of ether oxygens (including phenoxy) is 1. The van der Waals surface area contributed by atoms with Crippen LogP contribution in [0.2, 0.25) is 0 Å². The number of H-pyrrole nitrogens is 1. The number of aryl methyl sites for hydroxylation is 1. The van der Waals surface area contributed by atoms with Gasteiger partial charge in [-0.25, -0.2) is 4.79 Å². The molecule has 0 saturated carbocycles. The highest BCUT2D eigenvalue weighted by Gasteiger charge is 2.20. The van der Waals surface area contributed by atoms with Crippen LogP contribution in [0.15, 0.2) is 53.3 Å². The molecule has 122 valence electrons. The van der Waals surface area contributed by atoms with Gasteiger partial charge in [-0.3, -0.25) is 4.79 Å². The zero-order chi connectivity index (χ0) is 17.3. The highest BCUT2D eigenvalue weighted by atomic mass is 16.6. The summed E-state index contributed by atoms with van der Waals surface area (Å²) in [5.74, 6) is 0.280. The number of pyridine rings is 1. The van der Waals surface area contributed by atoms with E-state index in [1.54, 1.807) is 14.1 Å². The maximum absolute atomic E-state index is 12.7. The summed E-state index contributed by atoms with van der Waals surface area (Å²) >= 11 is 0. The SMILES string of the molecule is Cc1cccc2c(OC(=O)N(C)C)c(-c3ccccc3)c(=O)[nH]c12. The molecule has 0 atom stereocenters. The van der Waals surface area contributed by atoms with E-state index in [0.717, 1.165) is 5.56 Å². The monoisotopic (exact) mass is 322 g/mol. The Kier molecular flexibility index (Phi) is 4.08. The van der Waals surface area contributed by atoms with Gasteiger partial charge in [-0.2, -0.15) is 0 Å². The zero-order valence-corrected chi connectivity index (χ0v) is 13.8. The summed E-state index contributed by atoms with van der Waals surface area (Å²) in [6, 6.07) is 14.8. The molecule has 3 rings (SSSR count). The summed E-state index contributed by atoms with van der Waals surface area (Å²) in [5.41, 5.74) is 2.34. The van der Waals surface area contributed by atoms with Gasteiger partial charge < -0.3 is 14.6 Å². The van der Waals surface area contributed by atoms with E-state index >= 15 is 0 Å². The third kappa shape index (κ3) is 2.76. The highest BCUT2D eigenvalue weighted by molar-refractivity contribution is 5.95. The van der Waals surface area contributed by atoms with Crippen LogP contribution in [-0.2, 0) is 0 Å². The van der Waals surface area contributed by atoms with Crippen LogP contribution in [-0.4, -0.2) is 30.1 Å². The summed E-state index contributed by atoms with van der Waals surface area (Å²) in [6.07, 6.45) is -0.527. The molecule has 3 aromatic rings. The van der Waals surface area contributed by atoms with Gasteiger partial charge in [0.2, 0.25) is 0 Å². The van der Waals surface area contributed by atoms with E-state index in [-0.39, 0.29) is 11.3 Å². The predicted molar refractivity (Wildman–Crippen MR) is 94.5 cm³/mol. The number of amides is 1. The topological polar surface area (TPSA) is 62.4 Å². The van der Waals surface area contributed by atoms with E-state index in [4.69, 9.17) is 4.74 Å². The van der Waals surface area contributed by atoms with Gasteiger partial charge in [-0.1, -0.05) is 42.5 Å². The summed E-state index contributed by atoms with van der Waals surface area (Å²) in [5, 5.41) is 0.698. The van der Waals surface area contributed by atoms with E-state index in [9.17, 15) is 9.59 Å². The quantitative estimate of drug-likeness (QED) is 0.784. The summed E-state index contributed by atoms with van der Waals surface area (Å²) < 4.78 is 5.58. The number of aromatic amines is 1. The number of hydrogen-bond donors (Lipinski definition) is 1. The van der Waals surface area contributed by atoms with Crippen LogP contribution in [0.4, 0.5) is 4.79 Å². The molecule has 0 saturated heterocycles. The van der Waals surface area contributed by atoms with Crippen LogP contribution in [0.5, 0.6) is 5.75 Å². The maximum atomic E-state index is 12.7. The number of nitrogens with zero attached hydrogens (tertiary/aromatic N) is 1. The third-order valence-corrected chi connectivity index (χ3v) is 3.83. The van der Waals surface area contributed by atoms with E-state index in [2.05, 4.69) is 4.98 Å². The van der Waals surface area contributed by atoms with Crippen LogP contribution in [0.3, 0.4) is 0 Å². The van der Waals surface area contributed by atoms with Gasteiger partial charge in [0.15, 0.2) is 5.75 Å². The van der Waals surface area contributed by atoms with Crippen LogP contribution >= 0.6 is 0 Å². The largest absolute Gasteiger partial charge is 0.414 e. The lowest BCUT2D eigenvalue weighted by atomic mass is 10.0. The average Bonchev–Trinajstić information content (AvgIpc) is 2.56. The van der Waals surface area contributed by atoms with Gasteiger partial charge in [0.1, 0.15) is 0 Å². The molecule has 24 heavy (non-hydrogen) atoms. The maximum Gasteiger partial charge on any atom is 0.414 e. The van der Waals surface area contributed by atoms with Crippen molar-refractivity contribution in [3.05, 3.63) is 64.4 Å². The molecule has 5 heteroatoms. The molecular formula is C19H18N2O3. The van der Waals surface area contributed by atoms with Gasteiger partial charge in [0.25, 0.3) is 5.56 Å². The Morgan fingerprint density at radius 2 is 1.75 bits per heavy atom. The van der Waals surface area contributed by atoms with Crippen molar-refractivity contribution in [2.75, 3.05) is 14.1 Å². The van der Waals surface area contributed by atoms with Crippen LogP contribution in [0.1, 0.15) is 5.56 Å². The molecule has 0 spiro atoms. The van der Waals surface area contributed by atoms with Gasteiger partial charge in [-0.15, -0.1) is 0 Å². The van der Waals surface area contributed by atoms with Gasteiger partial charge >= 0.3 is 6.09 Å². The predicted octanol–water partition coefficient (Wildman–Crippen LogP) is 3.56. The van der Waals surface area contributed by atoms with Crippen molar-refractivity contribution in [3.8, 4) is 16.9 Å². The molecular weight excluding hydrogens is 304 g/mol. The fourth-order valence-electron chi connectivity index (χ4n) is 2.59. The van der Waals surface area contributed by atoms with Crippen molar-refractivity contribution >= 4 is 17.0 Å². The minimum Gasteiger partial charge on any atom is -0.409 e. The van der Waals surface area contributed by atoms with Crippen LogP contribution in [0.25, 0.3) is 22.0 Å². The number of aromatic nitrogens is 1. The Balaban J connectivity index is 2.36. The highest BCUT2D eigenvalue weighted by Crippen LogP contribution is 2.34. The van der Waals surface area contributed by atoms with Crippen molar-refractivity contribution in [1.82, 2.24) is 9.88 Å². The number of rotatable bonds is 2. The summed E-state index contributed by atoms with van der Waals surface area (Å²) in [7, 11) is 3.20. The smallest absolute Gasteiger partial charge is 0.409 e. The Hall–Kier alpha value is -3.08. The van der Waals surface area contributed by atoms with Crippen molar-refractivity contribution in [2.45, 2.75) is 6.92 Å². The van der Waals surface area contributed by atoms with Gasteiger partial charge in [-0.05, 0) is 24.1 Å². The minimum atomic E-state index is -0.527.